The highest BCUT2D eigenvalue weighted by molar-refractivity contribution is 6.32. The van der Waals surface area contributed by atoms with Gasteiger partial charge >= 0.3 is 5.97 Å². The zero-order chi connectivity index (χ0) is 23.1. The third kappa shape index (κ3) is 5.88. The number of anilines is 1. The molecule has 3 rings (SSSR count). The molecular weight excluding hydrogens is 451 g/mol. The molecule has 0 aliphatic heterocycles. The van der Waals surface area contributed by atoms with E-state index in [9.17, 15) is 14.9 Å². The van der Waals surface area contributed by atoms with Gasteiger partial charge in [0.1, 0.15) is 24.0 Å². The summed E-state index contributed by atoms with van der Waals surface area (Å²) in [5.41, 5.74) is 1.66. The summed E-state index contributed by atoms with van der Waals surface area (Å²) < 4.78 is 5.72. The minimum Gasteiger partial charge on any atom is -0.487 e. The Hall–Kier alpha value is -3.79. The van der Waals surface area contributed by atoms with Crippen LogP contribution in [-0.4, -0.2) is 17.0 Å². The smallest absolute Gasteiger partial charge is 0.335 e. The number of carbonyl (C=O) groups excluding carboxylic acids is 1. The van der Waals surface area contributed by atoms with Crippen LogP contribution >= 0.6 is 23.2 Å². The molecule has 2 N–H and O–H groups in total. The van der Waals surface area contributed by atoms with Crippen LogP contribution in [0, 0.1) is 11.3 Å². The van der Waals surface area contributed by atoms with Gasteiger partial charge in [0.2, 0.25) is 0 Å². The lowest BCUT2D eigenvalue weighted by atomic mass is 10.1. The van der Waals surface area contributed by atoms with Gasteiger partial charge in [0.15, 0.2) is 0 Å². The molecule has 0 saturated heterocycles. The minimum atomic E-state index is -1.07. The summed E-state index contributed by atoms with van der Waals surface area (Å²) in [6.07, 6.45) is 1.39. The fraction of sp³-hybridized carbons (Fsp3) is 0.0417. The Bertz CT molecular complexity index is 1230. The van der Waals surface area contributed by atoms with Gasteiger partial charge < -0.3 is 15.2 Å². The van der Waals surface area contributed by atoms with Crippen molar-refractivity contribution in [3.63, 3.8) is 0 Å². The van der Waals surface area contributed by atoms with E-state index in [4.69, 9.17) is 33.0 Å². The molecule has 0 atom stereocenters. The van der Waals surface area contributed by atoms with E-state index in [0.29, 0.717) is 27.0 Å². The summed E-state index contributed by atoms with van der Waals surface area (Å²) in [5, 5.41) is 21.8. The minimum absolute atomic E-state index is 0.0885. The van der Waals surface area contributed by atoms with Gasteiger partial charge in [0.25, 0.3) is 5.91 Å². The van der Waals surface area contributed by atoms with Crippen LogP contribution in [0.2, 0.25) is 10.0 Å². The van der Waals surface area contributed by atoms with Gasteiger partial charge in [-0.05, 0) is 54.1 Å². The first kappa shape index (κ1) is 22.9. The van der Waals surface area contributed by atoms with E-state index in [2.05, 4.69) is 5.32 Å². The molecule has 0 radical (unpaired) electrons. The molecule has 1 amide bonds. The molecule has 0 unspecified atom stereocenters. The van der Waals surface area contributed by atoms with Crippen molar-refractivity contribution in [2.24, 2.45) is 0 Å². The van der Waals surface area contributed by atoms with E-state index in [0.717, 1.165) is 5.56 Å². The summed E-state index contributed by atoms with van der Waals surface area (Å²) in [6, 6.07) is 19.6. The second-order valence-corrected chi connectivity index (χ2v) is 7.39. The highest BCUT2D eigenvalue weighted by Gasteiger charge is 2.12. The number of carbonyl (C=O) groups is 2. The molecule has 0 spiro atoms. The fourth-order valence-electron chi connectivity index (χ4n) is 2.70. The van der Waals surface area contributed by atoms with Gasteiger partial charge in [-0.2, -0.15) is 5.26 Å². The van der Waals surface area contributed by atoms with E-state index in [1.54, 1.807) is 24.3 Å². The zero-order valence-corrected chi connectivity index (χ0v) is 18.0. The van der Waals surface area contributed by atoms with E-state index in [-0.39, 0.29) is 17.7 Å². The Morgan fingerprint density at radius 3 is 2.38 bits per heavy atom. The Labute approximate surface area is 194 Å². The largest absolute Gasteiger partial charge is 0.487 e. The lowest BCUT2D eigenvalue weighted by molar-refractivity contribution is -0.112. The predicted molar refractivity (Wildman–Crippen MR) is 123 cm³/mol. The summed E-state index contributed by atoms with van der Waals surface area (Å²) in [5.74, 6) is -1.27. The van der Waals surface area contributed by atoms with Crippen molar-refractivity contribution in [1.29, 1.82) is 5.26 Å². The second-order valence-electron chi connectivity index (χ2n) is 6.58. The molecule has 8 heteroatoms. The van der Waals surface area contributed by atoms with E-state index in [1.165, 1.54) is 30.3 Å². The van der Waals surface area contributed by atoms with Crippen molar-refractivity contribution in [2.75, 3.05) is 5.32 Å². The van der Waals surface area contributed by atoms with Crippen molar-refractivity contribution < 1.29 is 19.4 Å². The highest BCUT2D eigenvalue weighted by atomic mass is 35.5. The molecule has 32 heavy (non-hydrogen) atoms. The van der Waals surface area contributed by atoms with Gasteiger partial charge in [-0.1, -0.05) is 47.5 Å². The third-order valence-corrected chi connectivity index (χ3v) is 5.03. The van der Waals surface area contributed by atoms with E-state index >= 15 is 0 Å². The fourth-order valence-corrected chi connectivity index (χ4v) is 3.14. The summed E-state index contributed by atoms with van der Waals surface area (Å²) in [4.78, 5) is 23.3. The van der Waals surface area contributed by atoms with Gasteiger partial charge in [-0.3, -0.25) is 4.79 Å². The molecule has 0 bridgehead atoms. The van der Waals surface area contributed by atoms with Crippen LogP contribution in [0.5, 0.6) is 5.75 Å². The van der Waals surface area contributed by atoms with Gasteiger partial charge in [0.05, 0.1) is 10.6 Å². The van der Waals surface area contributed by atoms with Crippen molar-refractivity contribution in [1.82, 2.24) is 0 Å². The number of hydrogen-bond donors (Lipinski definition) is 2. The molecule has 0 fully saturated rings. The number of hydrogen-bond acceptors (Lipinski definition) is 4. The highest BCUT2D eigenvalue weighted by Crippen LogP contribution is 2.28. The van der Waals surface area contributed by atoms with Crippen LogP contribution in [0.3, 0.4) is 0 Å². The predicted octanol–water partition coefficient (Wildman–Crippen LogP) is 5.82. The van der Waals surface area contributed by atoms with Crippen LogP contribution in [-0.2, 0) is 11.4 Å². The maximum Gasteiger partial charge on any atom is 0.335 e. The number of benzene rings is 3. The Morgan fingerprint density at radius 2 is 1.75 bits per heavy atom. The number of carboxylic acid groups (broad SMARTS) is 1. The number of nitrogens with zero attached hydrogens (tertiary/aromatic N) is 1. The average Bonchev–Trinajstić information content (AvgIpc) is 2.78. The number of rotatable bonds is 7. The van der Waals surface area contributed by atoms with Crippen molar-refractivity contribution in [3.8, 4) is 11.8 Å². The molecule has 3 aromatic carbocycles. The lowest BCUT2D eigenvalue weighted by Crippen LogP contribution is -2.13. The first-order valence-corrected chi connectivity index (χ1v) is 10.0. The Balaban J connectivity index is 1.70. The number of carboxylic acids is 1. The third-order valence-electron chi connectivity index (χ3n) is 4.36. The summed E-state index contributed by atoms with van der Waals surface area (Å²) in [7, 11) is 0. The van der Waals surface area contributed by atoms with Crippen LogP contribution in [0.1, 0.15) is 21.5 Å². The first-order chi connectivity index (χ1) is 15.4. The van der Waals surface area contributed by atoms with Crippen molar-refractivity contribution >= 4 is 46.8 Å². The average molecular weight is 467 g/mol. The zero-order valence-electron chi connectivity index (χ0n) is 16.5. The van der Waals surface area contributed by atoms with Crippen LogP contribution in [0.4, 0.5) is 5.69 Å². The Kier molecular flexibility index (Phi) is 7.50. The molecule has 6 nitrogen and oxygen atoms in total. The monoisotopic (exact) mass is 466 g/mol. The molecule has 0 saturated carbocycles. The first-order valence-electron chi connectivity index (χ1n) is 9.29. The molecule has 3 aromatic rings. The number of aromatic carboxylic acids is 1. The standard InChI is InChI=1S/C24H16Cl2N2O4/c25-20-4-2-1-3-17(20)14-32-22-10-5-15(12-21(22)26)11-18(13-27)23(29)28-19-8-6-16(7-9-19)24(30)31/h1-12H,14H2,(H,28,29)(H,30,31)/b18-11+. The van der Waals surface area contributed by atoms with Crippen LogP contribution in [0.15, 0.2) is 72.3 Å². The van der Waals surface area contributed by atoms with Gasteiger partial charge in [-0.15, -0.1) is 0 Å². The molecule has 0 aliphatic carbocycles. The van der Waals surface area contributed by atoms with Crippen LogP contribution < -0.4 is 10.1 Å². The number of halogens is 2. The van der Waals surface area contributed by atoms with E-state index in [1.807, 2.05) is 24.3 Å². The molecular formula is C24H16Cl2N2O4. The van der Waals surface area contributed by atoms with Crippen molar-refractivity contribution in [3.05, 3.63) is 99.0 Å². The van der Waals surface area contributed by atoms with E-state index < -0.39 is 11.9 Å². The maximum atomic E-state index is 12.4. The SMILES string of the molecule is N#C/C(=C\c1ccc(OCc2ccccc2Cl)c(Cl)c1)C(=O)Nc1ccc(C(=O)O)cc1. The quantitative estimate of drug-likeness (QED) is 0.337. The topological polar surface area (TPSA) is 99.4 Å². The van der Waals surface area contributed by atoms with Gasteiger partial charge in [0, 0.05) is 16.3 Å². The Morgan fingerprint density at radius 1 is 1.03 bits per heavy atom. The number of amides is 1. The maximum absolute atomic E-state index is 12.4. The van der Waals surface area contributed by atoms with Crippen molar-refractivity contribution in [2.45, 2.75) is 6.61 Å². The van der Waals surface area contributed by atoms with Crippen LogP contribution in [0.25, 0.3) is 6.08 Å². The summed E-state index contributed by atoms with van der Waals surface area (Å²) >= 11 is 12.4. The summed E-state index contributed by atoms with van der Waals surface area (Å²) in [6.45, 7) is 0.237. The molecule has 0 aromatic heterocycles. The number of nitriles is 1. The lowest BCUT2D eigenvalue weighted by Gasteiger charge is -2.10. The normalized spacial score (nSPS) is 10.8. The number of ether oxygens (including phenoxy) is 1. The molecule has 0 heterocycles. The molecule has 0 aliphatic rings. The molecule has 160 valence electrons. The number of nitrogens with one attached hydrogen (secondary N) is 1. The second kappa shape index (κ2) is 10.5. The van der Waals surface area contributed by atoms with Gasteiger partial charge in [-0.25, -0.2) is 4.79 Å².